The van der Waals surface area contributed by atoms with Crippen molar-refractivity contribution in [2.24, 2.45) is 0 Å². The number of carbonyl (C=O) groups is 2. The van der Waals surface area contributed by atoms with Crippen LogP contribution in [0.5, 0.6) is 0 Å². The summed E-state index contributed by atoms with van der Waals surface area (Å²) >= 11 is 5.85. The van der Waals surface area contributed by atoms with Crippen LogP contribution in [-0.4, -0.2) is 45.1 Å². The number of esters is 1. The Morgan fingerprint density at radius 3 is 2.52 bits per heavy atom. The third-order valence-electron chi connectivity index (χ3n) is 7.79. The zero-order valence-electron chi connectivity index (χ0n) is 24.3. The molecule has 0 saturated carbocycles. The van der Waals surface area contributed by atoms with Gasteiger partial charge in [-0.2, -0.15) is 0 Å². The molecule has 2 aromatic carbocycles. The summed E-state index contributed by atoms with van der Waals surface area (Å²) in [6.07, 6.45) is 2.86. The Balaban J connectivity index is 1.50. The third kappa shape index (κ3) is 5.65. The fourth-order valence-electron chi connectivity index (χ4n) is 5.78. The number of hydrogen-bond donors (Lipinski definition) is 2. The van der Waals surface area contributed by atoms with Crippen molar-refractivity contribution >= 4 is 34.9 Å². The number of ether oxygens (including phenoxy) is 1. The van der Waals surface area contributed by atoms with Crippen molar-refractivity contribution in [3.8, 4) is 5.69 Å². The molecule has 8 nitrogen and oxygen atoms in total. The number of thiocarbonyl (C=S) groups is 1. The maximum Gasteiger partial charge on any atom is 0.339 e. The number of anilines is 1. The van der Waals surface area contributed by atoms with E-state index in [1.165, 1.54) is 7.11 Å². The molecule has 1 fully saturated rings. The van der Waals surface area contributed by atoms with Crippen LogP contribution < -0.4 is 10.6 Å². The molecule has 2 aromatic heterocycles. The van der Waals surface area contributed by atoms with Crippen LogP contribution in [0.2, 0.25) is 0 Å². The second kappa shape index (κ2) is 12.6. The summed E-state index contributed by atoms with van der Waals surface area (Å²) in [6, 6.07) is 22.8. The Morgan fingerprint density at radius 1 is 1.05 bits per heavy atom. The van der Waals surface area contributed by atoms with Gasteiger partial charge < -0.3 is 24.8 Å². The summed E-state index contributed by atoms with van der Waals surface area (Å²) < 4.78 is 7.14. The molecule has 2 unspecified atom stereocenters. The van der Waals surface area contributed by atoms with Gasteiger partial charge in [0.25, 0.3) is 0 Å². The van der Waals surface area contributed by atoms with E-state index in [1.807, 2.05) is 74.5 Å². The SMILES string of the molecule is CCc1ccccc1NC(=O)CCN1C(=S)NC(c2ccccn2)C1c1cc(C)n(-c2ccccc2C(=O)OC)c1C. The number of methoxy groups -OCH3 is 1. The van der Waals surface area contributed by atoms with Crippen molar-refractivity contribution < 1.29 is 14.3 Å². The zero-order valence-corrected chi connectivity index (χ0v) is 25.1. The molecule has 0 radical (unpaired) electrons. The summed E-state index contributed by atoms with van der Waals surface area (Å²) in [4.78, 5) is 32.5. The first-order valence-corrected chi connectivity index (χ1v) is 14.5. The second-order valence-electron chi connectivity index (χ2n) is 10.3. The summed E-state index contributed by atoms with van der Waals surface area (Å²) in [5, 5.41) is 7.12. The molecule has 9 heteroatoms. The lowest BCUT2D eigenvalue weighted by atomic mass is 9.96. The molecule has 1 saturated heterocycles. The molecule has 0 aliphatic carbocycles. The number of hydrogen-bond acceptors (Lipinski definition) is 5. The van der Waals surface area contributed by atoms with E-state index in [-0.39, 0.29) is 24.4 Å². The minimum absolute atomic E-state index is 0.0729. The minimum Gasteiger partial charge on any atom is -0.465 e. The van der Waals surface area contributed by atoms with Crippen LogP contribution in [0.4, 0.5) is 5.69 Å². The lowest BCUT2D eigenvalue weighted by molar-refractivity contribution is -0.116. The van der Waals surface area contributed by atoms with E-state index in [0.717, 1.165) is 46.0 Å². The summed E-state index contributed by atoms with van der Waals surface area (Å²) in [5.74, 6) is -0.469. The predicted octanol–water partition coefficient (Wildman–Crippen LogP) is 5.84. The van der Waals surface area contributed by atoms with Crippen molar-refractivity contribution in [1.82, 2.24) is 19.8 Å². The Labute approximate surface area is 251 Å². The molecule has 0 spiro atoms. The Bertz CT molecular complexity index is 1620. The number of aryl methyl sites for hydroxylation is 2. The molecule has 3 heterocycles. The van der Waals surface area contributed by atoms with Crippen LogP contribution in [0.1, 0.15) is 64.0 Å². The molecule has 0 bridgehead atoms. The highest BCUT2D eigenvalue weighted by atomic mass is 32.1. The summed E-state index contributed by atoms with van der Waals surface area (Å²) in [6.45, 7) is 6.55. The van der Waals surface area contributed by atoms with Gasteiger partial charge >= 0.3 is 5.97 Å². The molecule has 216 valence electrons. The van der Waals surface area contributed by atoms with Gasteiger partial charge in [-0.3, -0.25) is 9.78 Å². The number of para-hydroxylation sites is 2. The number of carbonyl (C=O) groups excluding carboxylic acids is 2. The average molecular weight is 582 g/mol. The van der Waals surface area contributed by atoms with Crippen LogP contribution in [0.25, 0.3) is 5.69 Å². The van der Waals surface area contributed by atoms with Gasteiger partial charge in [-0.05, 0) is 80.0 Å². The van der Waals surface area contributed by atoms with Crippen molar-refractivity contribution in [3.05, 3.63) is 113 Å². The highest BCUT2D eigenvalue weighted by Crippen LogP contribution is 2.41. The molecule has 1 aliphatic rings. The van der Waals surface area contributed by atoms with Gasteiger partial charge in [0.1, 0.15) is 0 Å². The van der Waals surface area contributed by atoms with E-state index in [4.69, 9.17) is 17.0 Å². The highest BCUT2D eigenvalue weighted by Gasteiger charge is 2.41. The number of aromatic nitrogens is 2. The fraction of sp³-hybridized carbons (Fsp3) is 0.273. The van der Waals surface area contributed by atoms with Gasteiger partial charge in [0.05, 0.1) is 36.1 Å². The van der Waals surface area contributed by atoms with Gasteiger partial charge in [0, 0.05) is 36.2 Å². The van der Waals surface area contributed by atoms with Gasteiger partial charge in [-0.1, -0.05) is 43.3 Å². The summed E-state index contributed by atoms with van der Waals surface area (Å²) in [5.41, 5.74) is 6.97. The highest BCUT2D eigenvalue weighted by molar-refractivity contribution is 7.80. The molecule has 42 heavy (non-hydrogen) atoms. The van der Waals surface area contributed by atoms with E-state index in [0.29, 0.717) is 17.2 Å². The lowest BCUT2D eigenvalue weighted by Crippen LogP contribution is -2.33. The van der Waals surface area contributed by atoms with E-state index < -0.39 is 5.97 Å². The molecule has 2 N–H and O–H groups in total. The summed E-state index contributed by atoms with van der Waals surface area (Å²) in [7, 11) is 1.39. The van der Waals surface area contributed by atoms with Crippen LogP contribution in [-0.2, 0) is 16.0 Å². The first kappa shape index (κ1) is 29.0. The number of rotatable bonds is 9. The minimum atomic E-state index is -0.396. The topological polar surface area (TPSA) is 88.5 Å². The quantitative estimate of drug-likeness (QED) is 0.190. The number of amides is 1. The molecule has 2 atom stereocenters. The van der Waals surface area contributed by atoms with Gasteiger partial charge in [-0.15, -0.1) is 0 Å². The first-order valence-electron chi connectivity index (χ1n) is 14.1. The van der Waals surface area contributed by atoms with Gasteiger partial charge in [0.15, 0.2) is 5.11 Å². The maximum absolute atomic E-state index is 13.1. The second-order valence-corrected chi connectivity index (χ2v) is 10.7. The van der Waals surface area contributed by atoms with Crippen LogP contribution in [0.3, 0.4) is 0 Å². The van der Waals surface area contributed by atoms with Crippen LogP contribution in [0, 0.1) is 13.8 Å². The molecule has 1 amide bonds. The zero-order chi connectivity index (χ0) is 29.8. The van der Waals surface area contributed by atoms with E-state index in [1.54, 1.807) is 12.3 Å². The predicted molar refractivity (Wildman–Crippen MR) is 168 cm³/mol. The Morgan fingerprint density at radius 2 is 1.79 bits per heavy atom. The number of benzene rings is 2. The maximum atomic E-state index is 13.1. The largest absolute Gasteiger partial charge is 0.465 e. The Kier molecular flexibility index (Phi) is 8.68. The van der Waals surface area contributed by atoms with E-state index in [9.17, 15) is 9.59 Å². The van der Waals surface area contributed by atoms with Crippen molar-refractivity contribution in [2.75, 3.05) is 19.0 Å². The van der Waals surface area contributed by atoms with E-state index in [2.05, 4.69) is 38.1 Å². The van der Waals surface area contributed by atoms with Crippen LogP contribution in [0.15, 0.2) is 79.0 Å². The standard InChI is InChI=1S/C33H35N5O3S/c1-5-23-12-6-8-14-26(23)35-29(39)17-19-37-31(30(36-33(37)42)27-15-10-11-18-34-27)25-20-21(2)38(22(25)3)28-16-9-7-13-24(28)32(40)41-4/h6-16,18,20,30-31H,5,17,19H2,1-4H3,(H,35,39)(H,36,42). The average Bonchev–Trinajstić information content (AvgIpc) is 3.50. The van der Waals surface area contributed by atoms with E-state index >= 15 is 0 Å². The van der Waals surface area contributed by atoms with Gasteiger partial charge in [-0.25, -0.2) is 4.79 Å². The van der Waals surface area contributed by atoms with Crippen molar-refractivity contribution in [3.63, 3.8) is 0 Å². The van der Waals surface area contributed by atoms with Gasteiger partial charge in [0.2, 0.25) is 5.91 Å². The molecule has 5 rings (SSSR count). The molecular formula is C33H35N5O3S. The molecule has 4 aromatic rings. The lowest BCUT2D eigenvalue weighted by Gasteiger charge is -2.28. The number of nitrogens with zero attached hydrogens (tertiary/aromatic N) is 3. The number of pyridine rings is 1. The molecular weight excluding hydrogens is 546 g/mol. The van der Waals surface area contributed by atoms with Crippen molar-refractivity contribution in [1.29, 1.82) is 0 Å². The normalized spacial score (nSPS) is 16.3. The number of nitrogens with one attached hydrogen (secondary N) is 2. The van der Waals surface area contributed by atoms with Crippen molar-refractivity contribution in [2.45, 2.75) is 45.7 Å². The third-order valence-corrected chi connectivity index (χ3v) is 8.14. The molecule has 1 aliphatic heterocycles. The first-order chi connectivity index (χ1) is 20.3. The monoisotopic (exact) mass is 581 g/mol. The Hall–Kier alpha value is -4.50. The fourth-order valence-corrected chi connectivity index (χ4v) is 6.11. The van der Waals surface area contributed by atoms with Crippen LogP contribution >= 0.6 is 12.2 Å². The smallest absolute Gasteiger partial charge is 0.339 e.